The van der Waals surface area contributed by atoms with Crippen molar-refractivity contribution in [1.29, 1.82) is 0 Å². The monoisotopic (exact) mass is 299 g/mol. The molecule has 0 amide bonds. The number of nitrogens with two attached hydrogens (primary N) is 1. The summed E-state index contributed by atoms with van der Waals surface area (Å²) in [5.41, 5.74) is 6.00. The second-order valence-corrected chi connectivity index (χ2v) is 4.04. The van der Waals surface area contributed by atoms with Crippen molar-refractivity contribution in [2.24, 2.45) is 5.73 Å². The topological polar surface area (TPSA) is 72.5 Å². The lowest BCUT2D eigenvalue weighted by atomic mass is 10.2. The van der Waals surface area contributed by atoms with E-state index in [1.165, 1.54) is 0 Å². The van der Waals surface area contributed by atoms with Gasteiger partial charge in [0.1, 0.15) is 6.04 Å². The molecule has 1 aromatic carbocycles. The third kappa shape index (κ3) is 5.57. The molecular formula is C10H12Cl3NO3. The summed E-state index contributed by atoms with van der Waals surface area (Å²) in [7, 11) is 0. The Labute approximate surface area is 115 Å². The van der Waals surface area contributed by atoms with Crippen LogP contribution in [0.5, 0.6) is 0 Å². The third-order valence-corrected chi connectivity index (χ3v) is 2.47. The van der Waals surface area contributed by atoms with Crippen molar-refractivity contribution in [3.8, 4) is 0 Å². The van der Waals surface area contributed by atoms with E-state index in [1.54, 1.807) is 18.2 Å². The van der Waals surface area contributed by atoms with E-state index < -0.39 is 12.0 Å². The Morgan fingerprint density at radius 1 is 1.47 bits per heavy atom. The van der Waals surface area contributed by atoms with Crippen molar-refractivity contribution in [3.63, 3.8) is 0 Å². The van der Waals surface area contributed by atoms with E-state index in [4.69, 9.17) is 38.8 Å². The number of rotatable bonds is 5. The summed E-state index contributed by atoms with van der Waals surface area (Å²) in [6, 6.07) is 3.98. The third-order valence-electron chi connectivity index (χ3n) is 1.89. The van der Waals surface area contributed by atoms with Crippen LogP contribution in [0.15, 0.2) is 18.2 Å². The van der Waals surface area contributed by atoms with E-state index in [-0.39, 0.29) is 25.6 Å². The van der Waals surface area contributed by atoms with Crippen molar-refractivity contribution in [1.82, 2.24) is 0 Å². The number of carbonyl (C=O) groups is 1. The quantitative estimate of drug-likeness (QED) is 0.875. The van der Waals surface area contributed by atoms with Crippen molar-refractivity contribution in [3.05, 3.63) is 33.8 Å². The SMILES string of the molecule is Cl.NC(COCc1ccc(Cl)cc1Cl)C(=O)O. The molecule has 0 saturated heterocycles. The fourth-order valence-corrected chi connectivity index (χ4v) is 1.47. The highest BCUT2D eigenvalue weighted by molar-refractivity contribution is 6.35. The molecule has 0 bridgehead atoms. The zero-order valence-electron chi connectivity index (χ0n) is 8.73. The van der Waals surface area contributed by atoms with Crippen molar-refractivity contribution in [2.75, 3.05) is 6.61 Å². The lowest BCUT2D eigenvalue weighted by Crippen LogP contribution is -2.34. The van der Waals surface area contributed by atoms with Gasteiger partial charge in [-0.3, -0.25) is 4.79 Å². The molecule has 1 unspecified atom stereocenters. The van der Waals surface area contributed by atoms with Crippen molar-refractivity contribution in [2.45, 2.75) is 12.6 Å². The van der Waals surface area contributed by atoms with Crippen molar-refractivity contribution < 1.29 is 14.6 Å². The largest absolute Gasteiger partial charge is 0.480 e. The van der Waals surface area contributed by atoms with E-state index in [9.17, 15) is 4.79 Å². The molecule has 3 N–H and O–H groups in total. The Morgan fingerprint density at radius 3 is 2.65 bits per heavy atom. The van der Waals surface area contributed by atoms with E-state index >= 15 is 0 Å². The minimum absolute atomic E-state index is 0. The zero-order valence-corrected chi connectivity index (χ0v) is 11.1. The average Bonchev–Trinajstić information content (AvgIpc) is 2.20. The minimum atomic E-state index is -1.10. The van der Waals surface area contributed by atoms with Gasteiger partial charge in [-0.15, -0.1) is 12.4 Å². The van der Waals surface area contributed by atoms with E-state index in [2.05, 4.69) is 0 Å². The molecule has 0 saturated carbocycles. The second-order valence-electron chi connectivity index (χ2n) is 3.20. The van der Waals surface area contributed by atoms with Gasteiger partial charge in [0.2, 0.25) is 0 Å². The normalized spacial score (nSPS) is 11.7. The number of aliphatic carboxylic acids is 1. The van der Waals surface area contributed by atoms with Crippen LogP contribution in [0, 0.1) is 0 Å². The van der Waals surface area contributed by atoms with Crippen molar-refractivity contribution >= 4 is 41.6 Å². The fourth-order valence-electron chi connectivity index (χ4n) is 1.01. The second kappa shape index (κ2) is 7.74. The lowest BCUT2D eigenvalue weighted by molar-refractivity contribution is -0.140. The first-order chi connectivity index (χ1) is 7.50. The van der Waals surface area contributed by atoms with Crippen LogP contribution in [0.4, 0.5) is 0 Å². The molecule has 0 radical (unpaired) electrons. The van der Waals surface area contributed by atoms with E-state index in [1.807, 2.05) is 0 Å². The highest BCUT2D eigenvalue weighted by Crippen LogP contribution is 2.21. The first kappa shape index (κ1) is 16.5. The standard InChI is InChI=1S/C10H11Cl2NO3.ClH/c11-7-2-1-6(8(12)3-7)4-16-5-9(13)10(14)15;/h1-3,9H,4-5,13H2,(H,14,15);1H. The van der Waals surface area contributed by atoms with Gasteiger partial charge in [0.05, 0.1) is 13.2 Å². The number of hydrogen-bond donors (Lipinski definition) is 2. The van der Waals surface area contributed by atoms with Crippen LogP contribution < -0.4 is 5.73 Å². The number of carboxylic acids is 1. The van der Waals surface area contributed by atoms with Crippen LogP contribution in [-0.4, -0.2) is 23.7 Å². The van der Waals surface area contributed by atoms with Gasteiger partial charge in [-0.05, 0) is 17.7 Å². The van der Waals surface area contributed by atoms with Gasteiger partial charge < -0.3 is 15.6 Å². The molecule has 1 aromatic rings. The Hall–Kier alpha value is -0.520. The Bertz CT molecular complexity index is 387. The van der Waals surface area contributed by atoms with Gasteiger partial charge in [-0.25, -0.2) is 0 Å². The van der Waals surface area contributed by atoms with Gasteiger partial charge in [-0.2, -0.15) is 0 Å². The molecule has 0 aliphatic heterocycles. The summed E-state index contributed by atoms with van der Waals surface area (Å²) < 4.78 is 5.13. The number of carboxylic acid groups (broad SMARTS) is 1. The molecule has 0 fully saturated rings. The lowest BCUT2D eigenvalue weighted by Gasteiger charge is -2.09. The smallest absolute Gasteiger partial charge is 0.322 e. The van der Waals surface area contributed by atoms with Gasteiger partial charge >= 0.3 is 5.97 Å². The van der Waals surface area contributed by atoms with Gasteiger partial charge in [0.15, 0.2) is 0 Å². The molecule has 17 heavy (non-hydrogen) atoms. The average molecular weight is 301 g/mol. The van der Waals surface area contributed by atoms with Crippen LogP contribution in [0.1, 0.15) is 5.56 Å². The predicted molar refractivity (Wildman–Crippen MR) is 69.0 cm³/mol. The summed E-state index contributed by atoms with van der Waals surface area (Å²) in [6.07, 6.45) is 0. The molecule has 4 nitrogen and oxygen atoms in total. The molecule has 1 rings (SSSR count). The molecule has 0 aromatic heterocycles. The first-order valence-corrected chi connectivity index (χ1v) is 5.26. The highest BCUT2D eigenvalue weighted by Gasteiger charge is 2.11. The molecule has 0 spiro atoms. The van der Waals surface area contributed by atoms with Crippen LogP contribution in [-0.2, 0) is 16.1 Å². The number of halogens is 3. The first-order valence-electron chi connectivity index (χ1n) is 4.50. The maximum Gasteiger partial charge on any atom is 0.322 e. The number of benzene rings is 1. The van der Waals surface area contributed by atoms with Gasteiger partial charge in [-0.1, -0.05) is 29.3 Å². The van der Waals surface area contributed by atoms with E-state index in [0.29, 0.717) is 10.0 Å². The zero-order chi connectivity index (χ0) is 12.1. The van der Waals surface area contributed by atoms with Gasteiger partial charge in [0, 0.05) is 10.0 Å². The molecule has 1 atom stereocenters. The van der Waals surface area contributed by atoms with Crippen LogP contribution in [0.2, 0.25) is 10.0 Å². The molecule has 0 aliphatic carbocycles. The summed E-state index contributed by atoms with van der Waals surface area (Å²) in [4.78, 5) is 10.4. The summed E-state index contributed by atoms with van der Waals surface area (Å²) in [5, 5.41) is 9.54. The van der Waals surface area contributed by atoms with Crippen LogP contribution in [0.3, 0.4) is 0 Å². The van der Waals surface area contributed by atoms with Crippen LogP contribution in [0.25, 0.3) is 0 Å². The number of hydrogen-bond acceptors (Lipinski definition) is 3. The Morgan fingerprint density at radius 2 is 2.12 bits per heavy atom. The summed E-state index contributed by atoms with van der Waals surface area (Å²) in [6.45, 7) is 0.144. The Balaban J connectivity index is 0.00000256. The minimum Gasteiger partial charge on any atom is -0.480 e. The number of ether oxygens (including phenoxy) is 1. The van der Waals surface area contributed by atoms with E-state index in [0.717, 1.165) is 5.56 Å². The summed E-state index contributed by atoms with van der Waals surface area (Å²) in [5.74, 6) is -1.10. The predicted octanol–water partition coefficient (Wildman–Crippen LogP) is 2.34. The summed E-state index contributed by atoms with van der Waals surface area (Å²) >= 11 is 11.6. The molecule has 0 heterocycles. The van der Waals surface area contributed by atoms with Gasteiger partial charge in [0.25, 0.3) is 0 Å². The highest BCUT2D eigenvalue weighted by atomic mass is 35.5. The molecular weight excluding hydrogens is 288 g/mol. The molecule has 7 heteroatoms. The van der Waals surface area contributed by atoms with Crippen LogP contribution >= 0.6 is 35.6 Å². The molecule has 0 aliphatic rings. The Kier molecular flexibility index (Phi) is 7.50. The maximum absolute atomic E-state index is 10.4. The molecule has 96 valence electrons. The maximum atomic E-state index is 10.4. The fraction of sp³-hybridized carbons (Fsp3) is 0.300.